The number of nitrogens with two attached hydrogens (primary N) is 1. The van der Waals surface area contributed by atoms with Crippen molar-refractivity contribution in [3.63, 3.8) is 0 Å². The molecule has 0 aliphatic rings. The first-order valence-corrected chi connectivity index (χ1v) is 4.83. The van der Waals surface area contributed by atoms with Gasteiger partial charge in [-0.25, -0.2) is 8.78 Å². The van der Waals surface area contributed by atoms with Gasteiger partial charge in [0.2, 0.25) is 0 Å². The molecule has 0 fully saturated rings. The van der Waals surface area contributed by atoms with E-state index in [0.29, 0.717) is 0 Å². The molecule has 0 aliphatic carbocycles. The van der Waals surface area contributed by atoms with E-state index in [4.69, 9.17) is 15.6 Å². The summed E-state index contributed by atoms with van der Waals surface area (Å²) >= 11 is 0. The van der Waals surface area contributed by atoms with E-state index in [1.54, 1.807) is 6.07 Å². The number of aliphatic hydroxyl groups excluding tert-OH is 1. The van der Waals surface area contributed by atoms with Crippen LogP contribution < -0.4 is 10.5 Å². The highest BCUT2D eigenvalue weighted by Crippen LogP contribution is 2.37. The van der Waals surface area contributed by atoms with Gasteiger partial charge in [0.15, 0.2) is 0 Å². The van der Waals surface area contributed by atoms with Gasteiger partial charge in [-0.15, -0.1) is 0 Å². The fourth-order valence-corrected chi connectivity index (χ4v) is 1.58. The summed E-state index contributed by atoms with van der Waals surface area (Å²) in [6.07, 6.45) is 0. The van der Waals surface area contributed by atoms with Crippen molar-refractivity contribution in [3.05, 3.63) is 29.3 Å². The zero-order valence-corrected chi connectivity index (χ0v) is 9.21. The van der Waals surface area contributed by atoms with Crippen LogP contribution in [-0.4, -0.2) is 18.8 Å². The maximum Gasteiger partial charge on any atom is 0.270 e. The van der Waals surface area contributed by atoms with E-state index in [0.717, 1.165) is 6.92 Å². The maximum atomic E-state index is 13.3. The number of aliphatic hydroxyl groups is 1. The van der Waals surface area contributed by atoms with Crippen molar-refractivity contribution in [2.24, 2.45) is 5.73 Å². The minimum Gasteiger partial charge on any atom is -0.496 e. The topological polar surface area (TPSA) is 55.5 Å². The number of hydrogen-bond acceptors (Lipinski definition) is 3. The molecule has 16 heavy (non-hydrogen) atoms. The van der Waals surface area contributed by atoms with Gasteiger partial charge in [-0.2, -0.15) is 0 Å². The normalized spacial score (nSPS) is 13.6. The average molecular weight is 231 g/mol. The number of halogens is 2. The molecule has 3 nitrogen and oxygen atoms in total. The summed E-state index contributed by atoms with van der Waals surface area (Å²) < 4.78 is 31.7. The molecule has 0 radical (unpaired) electrons. The molecule has 1 rings (SSSR count). The highest BCUT2D eigenvalue weighted by Gasteiger charge is 2.31. The molecule has 0 spiro atoms. The smallest absolute Gasteiger partial charge is 0.270 e. The Hall–Kier alpha value is -1.20. The molecule has 0 heterocycles. The third kappa shape index (κ3) is 2.48. The number of rotatable bonds is 4. The van der Waals surface area contributed by atoms with E-state index >= 15 is 0 Å². The van der Waals surface area contributed by atoms with Crippen molar-refractivity contribution in [2.45, 2.75) is 18.9 Å². The van der Waals surface area contributed by atoms with Gasteiger partial charge in [0.1, 0.15) is 5.75 Å². The van der Waals surface area contributed by atoms with Crippen LogP contribution in [0.5, 0.6) is 5.75 Å². The van der Waals surface area contributed by atoms with Gasteiger partial charge >= 0.3 is 0 Å². The fraction of sp³-hybridized carbons (Fsp3) is 0.455. The quantitative estimate of drug-likeness (QED) is 0.830. The molecule has 0 amide bonds. The summed E-state index contributed by atoms with van der Waals surface area (Å²) in [4.78, 5) is 0. The predicted octanol–water partition coefficient (Wildman–Crippen LogP) is 1.80. The Morgan fingerprint density at radius 3 is 2.56 bits per heavy atom. The first kappa shape index (κ1) is 12.9. The summed E-state index contributed by atoms with van der Waals surface area (Å²) in [6.45, 7) is 0.374. The lowest BCUT2D eigenvalue weighted by atomic mass is 9.96. The molecule has 0 aromatic heterocycles. The second-order valence-corrected chi connectivity index (χ2v) is 3.60. The minimum atomic E-state index is -3.02. The van der Waals surface area contributed by atoms with Crippen LogP contribution in [0, 0.1) is 0 Å². The van der Waals surface area contributed by atoms with Gasteiger partial charge in [0, 0.05) is 18.1 Å². The number of methoxy groups -OCH3 is 1. The van der Waals surface area contributed by atoms with Gasteiger partial charge in [-0.05, 0) is 6.07 Å². The lowest BCUT2D eigenvalue weighted by Gasteiger charge is -2.21. The van der Waals surface area contributed by atoms with Gasteiger partial charge in [-0.3, -0.25) is 0 Å². The molecule has 0 bridgehead atoms. The van der Waals surface area contributed by atoms with Crippen LogP contribution in [0.3, 0.4) is 0 Å². The second kappa shape index (κ2) is 4.76. The first-order valence-electron chi connectivity index (χ1n) is 4.83. The zero-order valence-electron chi connectivity index (χ0n) is 9.21. The van der Waals surface area contributed by atoms with Crippen LogP contribution in [-0.2, 0) is 5.92 Å². The SMILES string of the molecule is COc1cccc(C(C)(F)F)c1C(N)CO. The highest BCUT2D eigenvalue weighted by molar-refractivity contribution is 5.44. The molecule has 90 valence electrons. The van der Waals surface area contributed by atoms with Gasteiger partial charge in [0.25, 0.3) is 5.92 Å². The Morgan fingerprint density at radius 2 is 2.12 bits per heavy atom. The zero-order chi connectivity index (χ0) is 12.3. The average Bonchev–Trinajstić information content (AvgIpc) is 2.25. The fourth-order valence-electron chi connectivity index (χ4n) is 1.58. The van der Waals surface area contributed by atoms with Crippen molar-refractivity contribution in [1.82, 2.24) is 0 Å². The Bertz CT molecular complexity index is 363. The van der Waals surface area contributed by atoms with Crippen LogP contribution in [0.15, 0.2) is 18.2 Å². The molecule has 1 aromatic carbocycles. The summed E-state index contributed by atoms with van der Waals surface area (Å²) in [5.74, 6) is -2.75. The molecule has 3 N–H and O–H groups in total. The number of alkyl halides is 2. The lowest BCUT2D eigenvalue weighted by molar-refractivity contribution is 0.0156. The summed E-state index contributed by atoms with van der Waals surface area (Å²) in [7, 11) is 1.38. The molecule has 1 aromatic rings. The third-order valence-electron chi connectivity index (χ3n) is 2.33. The molecule has 1 atom stereocenters. The van der Waals surface area contributed by atoms with Crippen LogP contribution in [0.1, 0.15) is 24.1 Å². The summed E-state index contributed by atoms with van der Waals surface area (Å²) in [5, 5.41) is 8.97. The Balaban J connectivity index is 3.38. The number of benzene rings is 1. The Kier molecular flexibility index (Phi) is 3.83. The molecular weight excluding hydrogens is 216 g/mol. The van der Waals surface area contributed by atoms with E-state index in [9.17, 15) is 8.78 Å². The van der Waals surface area contributed by atoms with Crippen molar-refractivity contribution in [1.29, 1.82) is 0 Å². The van der Waals surface area contributed by atoms with Crippen molar-refractivity contribution >= 4 is 0 Å². The molecule has 0 saturated carbocycles. The molecule has 0 aliphatic heterocycles. The minimum absolute atomic E-state index is 0.153. The van der Waals surface area contributed by atoms with Crippen molar-refractivity contribution < 1.29 is 18.6 Å². The molecular formula is C11H15F2NO2. The summed E-state index contributed by atoms with van der Waals surface area (Å²) in [5.41, 5.74) is 5.54. The van der Waals surface area contributed by atoms with Gasteiger partial charge in [0.05, 0.1) is 19.8 Å². The van der Waals surface area contributed by atoms with Crippen LogP contribution in [0.2, 0.25) is 0 Å². The van der Waals surface area contributed by atoms with E-state index in [1.165, 1.54) is 19.2 Å². The Labute approximate surface area is 92.8 Å². The van der Waals surface area contributed by atoms with Crippen molar-refractivity contribution in [3.8, 4) is 5.75 Å². The van der Waals surface area contributed by atoms with E-state index in [1.807, 2.05) is 0 Å². The van der Waals surface area contributed by atoms with E-state index in [2.05, 4.69) is 0 Å². The molecule has 0 saturated heterocycles. The van der Waals surface area contributed by atoms with E-state index < -0.39 is 18.6 Å². The van der Waals surface area contributed by atoms with Crippen molar-refractivity contribution in [2.75, 3.05) is 13.7 Å². The predicted molar refractivity (Wildman–Crippen MR) is 56.6 cm³/mol. The third-order valence-corrected chi connectivity index (χ3v) is 2.33. The highest BCUT2D eigenvalue weighted by atomic mass is 19.3. The largest absolute Gasteiger partial charge is 0.496 e. The molecule has 5 heteroatoms. The second-order valence-electron chi connectivity index (χ2n) is 3.60. The van der Waals surface area contributed by atoms with Crippen LogP contribution >= 0.6 is 0 Å². The van der Waals surface area contributed by atoms with E-state index in [-0.39, 0.29) is 16.9 Å². The molecule has 1 unspecified atom stereocenters. The van der Waals surface area contributed by atoms with Crippen LogP contribution in [0.4, 0.5) is 8.78 Å². The number of hydrogen-bond donors (Lipinski definition) is 2. The summed E-state index contributed by atoms with van der Waals surface area (Å²) in [6, 6.07) is 3.42. The Morgan fingerprint density at radius 1 is 1.50 bits per heavy atom. The van der Waals surface area contributed by atoms with Crippen LogP contribution in [0.25, 0.3) is 0 Å². The standard InChI is InChI=1S/C11H15F2NO2/c1-11(12,13)7-4-3-5-9(16-2)10(7)8(14)6-15/h3-5,8,15H,6,14H2,1-2H3. The monoisotopic (exact) mass is 231 g/mol. The first-order chi connectivity index (χ1) is 7.41. The number of ether oxygens (including phenoxy) is 1. The lowest BCUT2D eigenvalue weighted by Crippen LogP contribution is -2.21. The maximum absolute atomic E-state index is 13.3. The van der Waals surface area contributed by atoms with Gasteiger partial charge in [-0.1, -0.05) is 12.1 Å². The van der Waals surface area contributed by atoms with Gasteiger partial charge < -0.3 is 15.6 Å².